The van der Waals surface area contributed by atoms with Gasteiger partial charge in [0.25, 0.3) is 0 Å². The van der Waals surface area contributed by atoms with Crippen LogP contribution in [0.1, 0.15) is 22.6 Å². The molecule has 2 rings (SSSR count). The number of aryl methyl sites for hydroxylation is 1. The third kappa shape index (κ3) is 2.60. The lowest BCUT2D eigenvalue weighted by Gasteiger charge is -1.98. The summed E-state index contributed by atoms with van der Waals surface area (Å²) in [7, 11) is 0. The first-order valence-corrected chi connectivity index (χ1v) is 5.45. The molecule has 0 unspecified atom stereocenters. The van der Waals surface area contributed by atoms with E-state index in [1.807, 2.05) is 0 Å². The van der Waals surface area contributed by atoms with E-state index in [1.54, 1.807) is 6.20 Å². The van der Waals surface area contributed by atoms with Crippen LogP contribution in [0.25, 0.3) is 0 Å². The second kappa shape index (κ2) is 4.49. The van der Waals surface area contributed by atoms with Crippen LogP contribution < -0.4 is 0 Å². The minimum Gasteiger partial charge on any atom is -0.345 e. The van der Waals surface area contributed by atoms with Gasteiger partial charge in [0, 0.05) is 18.3 Å². The molecule has 1 aromatic heterocycles. The Kier molecular flexibility index (Phi) is 3.07. The molecule has 0 saturated carbocycles. The standard InChI is InChI=1S/C12H13ClN2/c1-9-2-4-10(5-3-9)6-12-14-8-11(7-13)15-12/h2-5,8H,6-7H2,1H3,(H,14,15). The number of H-pyrrole nitrogens is 1. The molecule has 1 aromatic carbocycles. The molecule has 3 heteroatoms. The molecule has 78 valence electrons. The van der Waals surface area contributed by atoms with Crippen molar-refractivity contribution in [3.63, 3.8) is 0 Å². The summed E-state index contributed by atoms with van der Waals surface area (Å²) in [5, 5.41) is 0. The minimum atomic E-state index is 0.487. The van der Waals surface area contributed by atoms with Crippen LogP contribution in [0, 0.1) is 6.92 Å². The summed E-state index contributed by atoms with van der Waals surface area (Å²) < 4.78 is 0. The average molecular weight is 221 g/mol. The van der Waals surface area contributed by atoms with Gasteiger partial charge in [-0.15, -0.1) is 11.6 Å². The van der Waals surface area contributed by atoms with Gasteiger partial charge in [-0.2, -0.15) is 0 Å². The van der Waals surface area contributed by atoms with Gasteiger partial charge in [-0.25, -0.2) is 4.98 Å². The van der Waals surface area contributed by atoms with Crippen LogP contribution >= 0.6 is 11.6 Å². The van der Waals surface area contributed by atoms with Gasteiger partial charge < -0.3 is 4.98 Å². The second-order valence-electron chi connectivity index (χ2n) is 3.65. The topological polar surface area (TPSA) is 28.7 Å². The molecule has 1 heterocycles. The van der Waals surface area contributed by atoms with Crippen molar-refractivity contribution in [3.05, 3.63) is 53.1 Å². The summed E-state index contributed by atoms with van der Waals surface area (Å²) in [4.78, 5) is 7.45. The number of imidazole rings is 1. The number of nitrogens with one attached hydrogen (secondary N) is 1. The number of hydrogen-bond donors (Lipinski definition) is 1. The molecule has 1 N–H and O–H groups in total. The fourth-order valence-corrected chi connectivity index (χ4v) is 1.60. The molecule has 0 saturated heterocycles. The monoisotopic (exact) mass is 220 g/mol. The first-order valence-electron chi connectivity index (χ1n) is 4.92. The first kappa shape index (κ1) is 10.2. The molecule has 0 aliphatic rings. The number of benzene rings is 1. The van der Waals surface area contributed by atoms with Crippen molar-refractivity contribution >= 4 is 11.6 Å². The molecule has 2 aromatic rings. The minimum absolute atomic E-state index is 0.487. The molecule has 15 heavy (non-hydrogen) atoms. The summed E-state index contributed by atoms with van der Waals surface area (Å²) in [6.07, 6.45) is 2.62. The maximum atomic E-state index is 5.69. The summed E-state index contributed by atoms with van der Waals surface area (Å²) in [5.74, 6) is 1.45. The van der Waals surface area contributed by atoms with Crippen LogP contribution in [0.5, 0.6) is 0 Å². The van der Waals surface area contributed by atoms with Crippen molar-refractivity contribution < 1.29 is 0 Å². The molecule has 0 spiro atoms. The predicted octanol–water partition coefficient (Wildman–Crippen LogP) is 3.05. The quantitative estimate of drug-likeness (QED) is 0.792. The first-order chi connectivity index (χ1) is 7.28. The number of aromatic nitrogens is 2. The van der Waals surface area contributed by atoms with Gasteiger partial charge in [0.05, 0.1) is 5.88 Å². The van der Waals surface area contributed by atoms with E-state index >= 15 is 0 Å². The van der Waals surface area contributed by atoms with Gasteiger partial charge >= 0.3 is 0 Å². The summed E-state index contributed by atoms with van der Waals surface area (Å²) in [6, 6.07) is 8.47. The zero-order valence-electron chi connectivity index (χ0n) is 8.63. The molecule has 0 atom stereocenters. The number of rotatable bonds is 3. The molecule has 0 aliphatic carbocycles. The van der Waals surface area contributed by atoms with E-state index in [1.165, 1.54) is 11.1 Å². The molecule has 0 aliphatic heterocycles. The highest BCUT2D eigenvalue weighted by Gasteiger charge is 2.00. The fraction of sp³-hybridized carbons (Fsp3) is 0.250. The van der Waals surface area contributed by atoms with E-state index in [0.29, 0.717) is 5.88 Å². The van der Waals surface area contributed by atoms with E-state index in [-0.39, 0.29) is 0 Å². The summed E-state index contributed by atoms with van der Waals surface area (Å²) >= 11 is 5.69. The lowest BCUT2D eigenvalue weighted by molar-refractivity contribution is 1.01. The number of nitrogens with zero attached hydrogens (tertiary/aromatic N) is 1. The maximum Gasteiger partial charge on any atom is 0.110 e. The van der Waals surface area contributed by atoms with Crippen LogP contribution in [-0.4, -0.2) is 9.97 Å². The number of alkyl halides is 1. The van der Waals surface area contributed by atoms with Gasteiger partial charge in [0.1, 0.15) is 5.82 Å². The molecule has 0 amide bonds. The van der Waals surface area contributed by atoms with E-state index < -0.39 is 0 Å². The lowest BCUT2D eigenvalue weighted by atomic mass is 10.1. The SMILES string of the molecule is Cc1ccc(Cc2ncc(CCl)[nH]2)cc1. The van der Waals surface area contributed by atoms with Crippen molar-refractivity contribution in [3.8, 4) is 0 Å². The smallest absolute Gasteiger partial charge is 0.110 e. The Morgan fingerprint density at radius 3 is 2.60 bits per heavy atom. The van der Waals surface area contributed by atoms with Crippen molar-refractivity contribution in [2.45, 2.75) is 19.2 Å². The van der Waals surface area contributed by atoms with Gasteiger partial charge in [-0.05, 0) is 12.5 Å². The number of halogens is 1. The Morgan fingerprint density at radius 1 is 1.27 bits per heavy atom. The van der Waals surface area contributed by atoms with Gasteiger partial charge in [0.15, 0.2) is 0 Å². The zero-order chi connectivity index (χ0) is 10.7. The van der Waals surface area contributed by atoms with Crippen molar-refractivity contribution in [2.24, 2.45) is 0 Å². The van der Waals surface area contributed by atoms with E-state index in [4.69, 9.17) is 11.6 Å². The molecular weight excluding hydrogens is 208 g/mol. The van der Waals surface area contributed by atoms with Gasteiger partial charge in [-0.1, -0.05) is 29.8 Å². The van der Waals surface area contributed by atoms with Crippen LogP contribution in [0.15, 0.2) is 30.5 Å². The van der Waals surface area contributed by atoms with Crippen LogP contribution in [0.4, 0.5) is 0 Å². The average Bonchev–Trinajstić information content (AvgIpc) is 2.69. The predicted molar refractivity (Wildman–Crippen MR) is 62.1 cm³/mol. The Labute approximate surface area is 94.3 Å². The normalized spacial score (nSPS) is 10.5. The second-order valence-corrected chi connectivity index (χ2v) is 3.92. The Bertz CT molecular complexity index is 431. The third-order valence-corrected chi connectivity index (χ3v) is 2.61. The van der Waals surface area contributed by atoms with E-state index in [9.17, 15) is 0 Å². The van der Waals surface area contributed by atoms with Crippen LogP contribution in [-0.2, 0) is 12.3 Å². The third-order valence-electron chi connectivity index (χ3n) is 2.32. The Balaban J connectivity index is 2.11. The van der Waals surface area contributed by atoms with Crippen molar-refractivity contribution in [1.82, 2.24) is 9.97 Å². The fourth-order valence-electron chi connectivity index (χ4n) is 1.46. The highest BCUT2D eigenvalue weighted by atomic mass is 35.5. The van der Waals surface area contributed by atoms with Crippen molar-refractivity contribution in [2.75, 3.05) is 0 Å². The van der Waals surface area contributed by atoms with E-state index in [2.05, 4.69) is 41.2 Å². The number of hydrogen-bond acceptors (Lipinski definition) is 1. The highest BCUT2D eigenvalue weighted by molar-refractivity contribution is 6.16. The van der Waals surface area contributed by atoms with Crippen molar-refractivity contribution in [1.29, 1.82) is 0 Å². The van der Waals surface area contributed by atoms with Crippen LogP contribution in [0.2, 0.25) is 0 Å². The van der Waals surface area contributed by atoms with Gasteiger partial charge in [0.2, 0.25) is 0 Å². The molecular formula is C12H13ClN2. The summed E-state index contributed by atoms with van der Waals surface area (Å²) in [5.41, 5.74) is 3.51. The zero-order valence-corrected chi connectivity index (χ0v) is 9.38. The van der Waals surface area contributed by atoms with Gasteiger partial charge in [-0.3, -0.25) is 0 Å². The highest BCUT2D eigenvalue weighted by Crippen LogP contribution is 2.09. The number of aromatic amines is 1. The van der Waals surface area contributed by atoms with E-state index in [0.717, 1.165) is 17.9 Å². The molecule has 0 bridgehead atoms. The van der Waals surface area contributed by atoms with Crippen LogP contribution in [0.3, 0.4) is 0 Å². The molecule has 0 fully saturated rings. The lowest BCUT2D eigenvalue weighted by Crippen LogP contribution is -1.91. The molecule has 0 radical (unpaired) electrons. The Morgan fingerprint density at radius 2 is 2.00 bits per heavy atom. The maximum absolute atomic E-state index is 5.69. The largest absolute Gasteiger partial charge is 0.345 e. The molecule has 2 nitrogen and oxygen atoms in total. The Hall–Kier alpha value is -1.28. The summed E-state index contributed by atoms with van der Waals surface area (Å²) in [6.45, 7) is 2.09.